The largest absolute Gasteiger partial charge is 0.497 e. The van der Waals surface area contributed by atoms with E-state index in [0.717, 1.165) is 23.0 Å². The highest BCUT2D eigenvalue weighted by Gasteiger charge is 2.10. The molecule has 1 aromatic rings. The van der Waals surface area contributed by atoms with E-state index in [2.05, 4.69) is 16.9 Å². The lowest BCUT2D eigenvalue weighted by Crippen LogP contribution is -2.38. The average Bonchev–Trinajstić information content (AvgIpc) is 2.48. The third kappa shape index (κ3) is 4.19. The van der Waals surface area contributed by atoms with Gasteiger partial charge in [-0.25, -0.2) is 0 Å². The van der Waals surface area contributed by atoms with Crippen LogP contribution in [0.25, 0.3) is 0 Å². The molecule has 0 heterocycles. The molecule has 0 atom stereocenters. The second-order valence-corrected chi connectivity index (χ2v) is 4.25. The fourth-order valence-electron chi connectivity index (χ4n) is 1.86. The Labute approximate surface area is 120 Å². The third-order valence-corrected chi connectivity index (χ3v) is 2.88. The molecule has 1 aromatic carbocycles. The van der Waals surface area contributed by atoms with Gasteiger partial charge in [-0.3, -0.25) is 4.99 Å². The Bertz CT molecular complexity index is 472. The van der Waals surface area contributed by atoms with Crippen molar-refractivity contribution >= 4 is 5.96 Å². The molecule has 0 aliphatic carbocycles. The first-order chi connectivity index (χ1) is 9.65. The summed E-state index contributed by atoms with van der Waals surface area (Å²) in [5.41, 5.74) is 1.07. The van der Waals surface area contributed by atoms with Crippen molar-refractivity contribution in [2.24, 2.45) is 4.99 Å². The van der Waals surface area contributed by atoms with E-state index in [1.54, 1.807) is 27.3 Å². The van der Waals surface area contributed by atoms with Gasteiger partial charge in [-0.1, -0.05) is 6.08 Å². The number of nitrogens with zero attached hydrogens (tertiary/aromatic N) is 2. The zero-order valence-electron chi connectivity index (χ0n) is 12.6. The standard InChI is InChI=1S/C15H23N3O2/c1-6-9-17-15(16-2)18(3)11-12-7-8-13(19-4)10-14(12)20-5/h6-8,10H,1,9,11H2,2-5H3,(H,16,17). The van der Waals surface area contributed by atoms with E-state index in [9.17, 15) is 0 Å². The molecule has 0 saturated carbocycles. The minimum Gasteiger partial charge on any atom is -0.497 e. The van der Waals surface area contributed by atoms with Crippen LogP contribution in [-0.2, 0) is 6.54 Å². The average molecular weight is 277 g/mol. The number of rotatable bonds is 6. The van der Waals surface area contributed by atoms with E-state index < -0.39 is 0 Å². The summed E-state index contributed by atoms with van der Waals surface area (Å²) in [5, 5.41) is 3.19. The van der Waals surface area contributed by atoms with Gasteiger partial charge in [-0.15, -0.1) is 6.58 Å². The molecule has 0 amide bonds. The molecule has 0 fully saturated rings. The first kappa shape index (κ1) is 15.9. The van der Waals surface area contributed by atoms with Gasteiger partial charge >= 0.3 is 0 Å². The summed E-state index contributed by atoms with van der Waals surface area (Å²) in [6.07, 6.45) is 1.80. The Balaban J connectivity index is 2.83. The molecule has 5 nitrogen and oxygen atoms in total. The van der Waals surface area contributed by atoms with Crippen molar-refractivity contribution < 1.29 is 9.47 Å². The van der Waals surface area contributed by atoms with E-state index in [0.29, 0.717) is 13.1 Å². The second kappa shape index (κ2) is 8.09. The van der Waals surface area contributed by atoms with E-state index in [-0.39, 0.29) is 0 Å². The fourth-order valence-corrected chi connectivity index (χ4v) is 1.86. The lowest BCUT2D eigenvalue weighted by Gasteiger charge is -2.22. The van der Waals surface area contributed by atoms with Crippen molar-refractivity contribution in [3.8, 4) is 11.5 Å². The van der Waals surface area contributed by atoms with Gasteiger partial charge in [-0.05, 0) is 12.1 Å². The maximum Gasteiger partial charge on any atom is 0.193 e. The number of nitrogens with one attached hydrogen (secondary N) is 1. The topological polar surface area (TPSA) is 46.1 Å². The lowest BCUT2D eigenvalue weighted by atomic mass is 10.2. The highest BCUT2D eigenvalue weighted by atomic mass is 16.5. The molecule has 0 bridgehead atoms. The Morgan fingerprint density at radius 3 is 2.70 bits per heavy atom. The number of benzene rings is 1. The van der Waals surface area contributed by atoms with Gasteiger partial charge in [0.15, 0.2) is 5.96 Å². The third-order valence-electron chi connectivity index (χ3n) is 2.88. The number of guanidine groups is 1. The SMILES string of the molecule is C=CCNC(=NC)N(C)Cc1ccc(OC)cc1OC. The van der Waals surface area contributed by atoms with Gasteiger partial charge in [0.25, 0.3) is 0 Å². The zero-order chi connectivity index (χ0) is 15.0. The predicted molar refractivity (Wildman–Crippen MR) is 82.6 cm³/mol. The quantitative estimate of drug-likeness (QED) is 0.490. The van der Waals surface area contributed by atoms with Crippen LogP contribution in [0.3, 0.4) is 0 Å². The Hall–Kier alpha value is -2.17. The van der Waals surface area contributed by atoms with Crippen LogP contribution in [-0.4, -0.2) is 45.7 Å². The maximum atomic E-state index is 5.40. The fraction of sp³-hybridized carbons (Fsp3) is 0.400. The Morgan fingerprint density at radius 2 is 2.15 bits per heavy atom. The van der Waals surface area contributed by atoms with E-state index >= 15 is 0 Å². The summed E-state index contributed by atoms with van der Waals surface area (Å²) in [7, 11) is 7.03. The van der Waals surface area contributed by atoms with Gasteiger partial charge < -0.3 is 19.7 Å². The van der Waals surface area contributed by atoms with Crippen molar-refractivity contribution in [1.29, 1.82) is 0 Å². The summed E-state index contributed by atoms with van der Waals surface area (Å²) in [5.74, 6) is 2.39. The maximum absolute atomic E-state index is 5.40. The van der Waals surface area contributed by atoms with Gasteiger partial charge in [0.05, 0.1) is 14.2 Å². The van der Waals surface area contributed by atoms with Crippen molar-refractivity contribution in [2.75, 3.05) is 34.9 Å². The van der Waals surface area contributed by atoms with Crippen LogP contribution >= 0.6 is 0 Å². The van der Waals surface area contributed by atoms with E-state index in [4.69, 9.17) is 9.47 Å². The van der Waals surface area contributed by atoms with Crippen LogP contribution in [0.1, 0.15) is 5.56 Å². The van der Waals surface area contributed by atoms with Crippen LogP contribution in [0.2, 0.25) is 0 Å². The van der Waals surface area contributed by atoms with Crippen molar-refractivity contribution in [3.05, 3.63) is 36.4 Å². The number of hydrogen-bond acceptors (Lipinski definition) is 3. The molecule has 0 aliphatic rings. The summed E-state index contributed by atoms with van der Waals surface area (Å²) < 4.78 is 10.6. The number of hydrogen-bond donors (Lipinski definition) is 1. The molecule has 0 aromatic heterocycles. The molecule has 0 spiro atoms. The minimum absolute atomic E-state index is 0.677. The van der Waals surface area contributed by atoms with E-state index in [1.807, 2.05) is 30.1 Å². The van der Waals surface area contributed by atoms with Gasteiger partial charge in [0, 0.05) is 38.8 Å². The molecule has 20 heavy (non-hydrogen) atoms. The van der Waals surface area contributed by atoms with Gasteiger partial charge in [-0.2, -0.15) is 0 Å². The molecule has 5 heteroatoms. The van der Waals surface area contributed by atoms with Crippen molar-refractivity contribution in [2.45, 2.75) is 6.54 Å². The second-order valence-electron chi connectivity index (χ2n) is 4.25. The molecular formula is C15H23N3O2. The molecule has 0 aliphatic heterocycles. The first-order valence-electron chi connectivity index (χ1n) is 6.39. The van der Waals surface area contributed by atoms with Crippen molar-refractivity contribution in [3.63, 3.8) is 0 Å². The number of methoxy groups -OCH3 is 2. The molecule has 110 valence electrons. The smallest absolute Gasteiger partial charge is 0.193 e. The highest BCUT2D eigenvalue weighted by molar-refractivity contribution is 5.79. The molecule has 1 rings (SSSR count). The van der Waals surface area contributed by atoms with Crippen LogP contribution in [0.4, 0.5) is 0 Å². The van der Waals surface area contributed by atoms with Gasteiger partial charge in [0.2, 0.25) is 0 Å². The van der Waals surface area contributed by atoms with Crippen molar-refractivity contribution in [1.82, 2.24) is 10.2 Å². The molecule has 0 radical (unpaired) electrons. The molecule has 0 saturated heterocycles. The molecular weight excluding hydrogens is 254 g/mol. The monoisotopic (exact) mass is 277 g/mol. The highest BCUT2D eigenvalue weighted by Crippen LogP contribution is 2.25. The van der Waals surface area contributed by atoms with Crippen LogP contribution in [0.5, 0.6) is 11.5 Å². The normalized spacial score (nSPS) is 10.9. The first-order valence-corrected chi connectivity index (χ1v) is 6.39. The zero-order valence-corrected chi connectivity index (χ0v) is 12.6. The van der Waals surface area contributed by atoms with Crippen LogP contribution < -0.4 is 14.8 Å². The molecule has 0 unspecified atom stereocenters. The Kier molecular flexibility index (Phi) is 6.43. The summed E-state index contributed by atoms with van der Waals surface area (Å²) in [4.78, 5) is 6.25. The summed E-state index contributed by atoms with van der Waals surface area (Å²) >= 11 is 0. The number of ether oxygens (including phenoxy) is 2. The summed E-state index contributed by atoms with van der Waals surface area (Å²) in [6.45, 7) is 5.05. The lowest BCUT2D eigenvalue weighted by molar-refractivity contribution is 0.383. The van der Waals surface area contributed by atoms with Crippen LogP contribution in [0, 0.1) is 0 Å². The summed E-state index contributed by atoms with van der Waals surface area (Å²) in [6, 6.07) is 5.80. The number of aliphatic imine (C=N–C) groups is 1. The van der Waals surface area contributed by atoms with E-state index in [1.165, 1.54) is 0 Å². The van der Waals surface area contributed by atoms with Crippen LogP contribution in [0.15, 0.2) is 35.8 Å². The van der Waals surface area contributed by atoms with Gasteiger partial charge in [0.1, 0.15) is 11.5 Å². The predicted octanol–water partition coefficient (Wildman–Crippen LogP) is 1.90. The Morgan fingerprint density at radius 1 is 1.40 bits per heavy atom. The molecule has 1 N–H and O–H groups in total. The minimum atomic E-state index is 0.677.